The number of H-pyrrole nitrogens is 1. The number of carboxylic acid groups (broad SMARTS) is 1. The van der Waals surface area contributed by atoms with E-state index in [2.05, 4.69) is 15.3 Å². The summed E-state index contributed by atoms with van der Waals surface area (Å²) in [5.41, 5.74) is 0.459. The van der Waals surface area contributed by atoms with Gasteiger partial charge in [0.15, 0.2) is 5.13 Å². The molecule has 0 radical (unpaired) electrons. The second-order valence-electron chi connectivity index (χ2n) is 8.92. The third-order valence-corrected chi connectivity index (χ3v) is 8.63. The number of carbonyl (C=O) groups excluding carboxylic acids is 2. The third kappa shape index (κ3) is 5.38. The molecule has 0 spiro atoms. The fourth-order valence-electron chi connectivity index (χ4n) is 4.65. The SMILES string of the molecule is Cc1[nH]c(C(=O)NC2[C@H]3CN(c4nc(Cc5cccc(C(F)(F)F)c5)c(C(=O)[O-])s4)C[C@@H]23)c(Cl)c1Cl.[Li+]. The van der Waals surface area contributed by atoms with E-state index in [1.807, 2.05) is 4.90 Å². The Morgan fingerprint density at radius 3 is 2.49 bits per heavy atom. The second kappa shape index (κ2) is 10.2. The first kappa shape index (κ1) is 27.9. The van der Waals surface area contributed by atoms with Gasteiger partial charge in [-0.25, -0.2) is 4.98 Å². The van der Waals surface area contributed by atoms with Gasteiger partial charge in [0.05, 0.1) is 32.1 Å². The number of nitrogens with zero attached hydrogens (tertiary/aromatic N) is 2. The molecule has 2 aromatic heterocycles. The molecule has 2 fully saturated rings. The summed E-state index contributed by atoms with van der Waals surface area (Å²) in [4.78, 5) is 33.4. The van der Waals surface area contributed by atoms with Crippen molar-refractivity contribution in [3.05, 3.63) is 67.4 Å². The average Bonchev–Trinajstić information content (AvgIpc) is 3.18. The number of halogens is 5. The number of benzene rings is 1. The molecule has 3 heterocycles. The van der Waals surface area contributed by atoms with E-state index in [0.717, 1.165) is 23.5 Å². The van der Waals surface area contributed by atoms with Gasteiger partial charge in [0, 0.05) is 43.1 Å². The van der Waals surface area contributed by atoms with Crippen molar-refractivity contribution in [3.63, 3.8) is 0 Å². The van der Waals surface area contributed by atoms with Gasteiger partial charge in [0.2, 0.25) is 0 Å². The number of carbonyl (C=O) groups is 2. The van der Waals surface area contributed by atoms with Gasteiger partial charge in [0.1, 0.15) is 5.69 Å². The van der Waals surface area contributed by atoms with E-state index in [9.17, 15) is 27.9 Å². The molecule has 190 valence electrons. The molecule has 7 nitrogen and oxygen atoms in total. The van der Waals surface area contributed by atoms with Crippen LogP contribution in [0.3, 0.4) is 0 Å². The molecule has 2 aliphatic rings. The molecule has 1 amide bonds. The maximum Gasteiger partial charge on any atom is 1.00 e. The van der Waals surface area contributed by atoms with Gasteiger partial charge in [0.25, 0.3) is 5.91 Å². The smallest absolute Gasteiger partial charge is 0.544 e. The molecule has 1 unspecified atom stereocenters. The molecule has 37 heavy (non-hydrogen) atoms. The first-order chi connectivity index (χ1) is 16.9. The Morgan fingerprint density at radius 2 is 1.92 bits per heavy atom. The van der Waals surface area contributed by atoms with Gasteiger partial charge in [-0.05, 0) is 18.6 Å². The van der Waals surface area contributed by atoms with Crippen LogP contribution < -0.4 is 34.2 Å². The van der Waals surface area contributed by atoms with Crippen LogP contribution in [0.25, 0.3) is 0 Å². The van der Waals surface area contributed by atoms with Crippen LogP contribution in [0.1, 0.15) is 42.7 Å². The number of rotatable bonds is 6. The number of piperidine rings is 1. The number of alkyl halides is 3. The van der Waals surface area contributed by atoms with Gasteiger partial charge in [-0.1, -0.05) is 52.7 Å². The quantitative estimate of drug-likeness (QED) is 0.434. The fourth-order valence-corrected chi connectivity index (χ4v) is 6.01. The normalized spacial score (nSPS) is 20.4. The van der Waals surface area contributed by atoms with Crippen LogP contribution in [-0.4, -0.2) is 41.0 Å². The third-order valence-electron chi connectivity index (χ3n) is 6.54. The zero-order valence-corrected chi connectivity index (χ0v) is 21.9. The van der Waals surface area contributed by atoms with Crippen LogP contribution in [0.4, 0.5) is 18.3 Å². The van der Waals surface area contributed by atoms with E-state index in [1.54, 1.807) is 6.92 Å². The maximum absolute atomic E-state index is 13.0. The Hall–Kier alpha value is -2.16. The predicted molar refractivity (Wildman–Crippen MR) is 127 cm³/mol. The van der Waals surface area contributed by atoms with Crippen LogP contribution in [-0.2, 0) is 12.6 Å². The minimum Gasteiger partial charge on any atom is -0.544 e. The van der Waals surface area contributed by atoms with Crippen molar-refractivity contribution in [3.8, 4) is 0 Å². The van der Waals surface area contributed by atoms with Gasteiger partial charge < -0.3 is 25.1 Å². The monoisotopic (exact) mass is 564 g/mol. The number of aryl methyl sites for hydroxylation is 1. The zero-order valence-electron chi connectivity index (χ0n) is 19.6. The first-order valence-electron chi connectivity index (χ1n) is 10.9. The van der Waals surface area contributed by atoms with Crippen molar-refractivity contribution in [1.82, 2.24) is 15.3 Å². The van der Waals surface area contributed by atoms with E-state index in [1.165, 1.54) is 12.1 Å². The Morgan fingerprint density at radius 1 is 1.24 bits per heavy atom. The predicted octanol–water partition coefficient (Wildman–Crippen LogP) is 0.928. The summed E-state index contributed by atoms with van der Waals surface area (Å²) < 4.78 is 39.1. The number of nitrogens with one attached hydrogen (secondary N) is 2. The van der Waals surface area contributed by atoms with Crippen LogP contribution in [0.15, 0.2) is 24.3 Å². The summed E-state index contributed by atoms with van der Waals surface area (Å²) in [5, 5.41) is 15.6. The van der Waals surface area contributed by atoms with Crippen molar-refractivity contribution in [1.29, 1.82) is 0 Å². The summed E-state index contributed by atoms with van der Waals surface area (Å²) in [6.07, 6.45) is -4.57. The average molecular weight is 565 g/mol. The molecule has 1 saturated carbocycles. The number of anilines is 1. The summed E-state index contributed by atoms with van der Waals surface area (Å²) >= 11 is 13.1. The van der Waals surface area contributed by atoms with Crippen LogP contribution in [0.2, 0.25) is 10.0 Å². The van der Waals surface area contributed by atoms with Crippen molar-refractivity contribution in [2.75, 3.05) is 18.0 Å². The fraction of sp³-hybridized carbons (Fsp3) is 0.348. The molecular weight excluding hydrogens is 547 g/mol. The number of hydrogen-bond donors (Lipinski definition) is 2. The van der Waals surface area contributed by atoms with E-state index in [4.69, 9.17) is 23.2 Å². The van der Waals surface area contributed by atoms with E-state index < -0.39 is 17.7 Å². The Bertz CT molecular complexity index is 1370. The van der Waals surface area contributed by atoms with Gasteiger partial charge in [-0.2, -0.15) is 13.2 Å². The number of aromatic amines is 1. The number of aromatic nitrogens is 2. The van der Waals surface area contributed by atoms with E-state index in [-0.39, 0.29) is 70.4 Å². The summed E-state index contributed by atoms with van der Waals surface area (Å²) in [6, 6.07) is 4.67. The summed E-state index contributed by atoms with van der Waals surface area (Å²) in [5.74, 6) is -1.47. The summed E-state index contributed by atoms with van der Waals surface area (Å²) in [7, 11) is 0. The number of amides is 1. The van der Waals surface area contributed by atoms with Crippen molar-refractivity contribution >= 4 is 51.5 Å². The largest absolute Gasteiger partial charge is 1.00 e. The number of fused-ring (bicyclic) bond motifs is 1. The molecule has 1 aromatic carbocycles. The molecule has 2 N–H and O–H groups in total. The van der Waals surface area contributed by atoms with Gasteiger partial charge >= 0.3 is 25.0 Å². The van der Waals surface area contributed by atoms with Crippen molar-refractivity contribution in [2.24, 2.45) is 11.8 Å². The van der Waals surface area contributed by atoms with Crippen molar-refractivity contribution in [2.45, 2.75) is 25.6 Å². The molecule has 1 aliphatic heterocycles. The van der Waals surface area contributed by atoms with E-state index >= 15 is 0 Å². The van der Waals surface area contributed by atoms with Crippen LogP contribution in [0.5, 0.6) is 0 Å². The molecular formula is C23H18Cl2F3LiN4O3S. The molecule has 1 aliphatic carbocycles. The van der Waals surface area contributed by atoms with Gasteiger partial charge in [-0.3, -0.25) is 4.79 Å². The molecule has 5 rings (SSSR count). The number of thiazole rings is 1. The topological polar surface area (TPSA) is 101 Å². The van der Waals surface area contributed by atoms with Crippen molar-refractivity contribution < 1.29 is 46.7 Å². The minimum absolute atomic E-state index is 0. The molecule has 14 heteroatoms. The number of carboxylic acids is 1. The number of aromatic carboxylic acids is 1. The molecule has 3 atom stereocenters. The Kier molecular flexibility index (Phi) is 7.67. The Labute approximate surface area is 235 Å². The zero-order chi connectivity index (χ0) is 25.9. The maximum atomic E-state index is 13.0. The molecule has 1 saturated heterocycles. The second-order valence-corrected chi connectivity index (χ2v) is 10.7. The minimum atomic E-state index is -4.50. The Balaban J connectivity index is 0.00000320. The molecule has 0 bridgehead atoms. The molecule has 3 aromatic rings. The van der Waals surface area contributed by atoms with E-state index in [0.29, 0.717) is 34.5 Å². The first-order valence-corrected chi connectivity index (χ1v) is 12.5. The number of hydrogen-bond acceptors (Lipinski definition) is 6. The standard InChI is InChI=1S/C23H19Cl2F3N4O3S.Li/c1-9-15(24)16(25)18(29-9)20(33)31-17-12-7-32(8-13(12)17)22-30-14(19(36-22)21(34)35)6-10-3-2-4-11(5-10)23(26,27)28;/h2-5,12-13,17,29H,6-8H2,1H3,(H,31,33)(H,34,35);/q;+1/p-1/t12-,13+,17?;. The van der Waals surface area contributed by atoms with Crippen LogP contribution >= 0.6 is 34.5 Å². The van der Waals surface area contributed by atoms with Gasteiger partial charge in [-0.15, -0.1) is 0 Å². The van der Waals surface area contributed by atoms with Crippen LogP contribution in [0, 0.1) is 18.8 Å². The summed E-state index contributed by atoms with van der Waals surface area (Å²) in [6.45, 7) is 2.82.